The van der Waals surface area contributed by atoms with E-state index in [4.69, 9.17) is 21.1 Å². The van der Waals surface area contributed by atoms with Gasteiger partial charge in [-0.15, -0.1) is 0 Å². The molecule has 0 fully saturated rings. The summed E-state index contributed by atoms with van der Waals surface area (Å²) in [5.74, 6) is 1.33. The number of aryl methyl sites for hydroxylation is 1. The predicted molar refractivity (Wildman–Crippen MR) is 96.2 cm³/mol. The second-order valence-electron chi connectivity index (χ2n) is 5.39. The van der Waals surface area contributed by atoms with Gasteiger partial charge in [-0.2, -0.15) is 0 Å². The van der Waals surface area contributed by atoms with Crippen LogP contribution in [0.25, 0.3) is 0 Å². The van der Waals surface area contributed by atoms with Crippen LogP contribution in [0.4, 0.5) is 0 Å². The van der Waals surface area contributed by atoms with Crippen molar-refractivity contribution < 1.29 is 14.3 Å². The second kappa shape index (κ2) is 9.18. The number of amides is 1. The maximum absolute atomic E-state index is 12.1. The van der Waals surface area contributed by atoms with E-state index in [1.807, 2.05) is 19.1 Å². The molecule has 0 aliphatic heterocycles. The maximum atomic E-state index is 12.1. The Morgan fingerprint density at radius 2 is 1.71 bits per heavy atom. The number of halogens is 1. The van der Waals surface area contributed by atoms with Gasteiger partial charge in [0.1, 0.15) is 18.1 Å². The van der Waals surface area contributed by atoms with Gasteiger partial charge in [0.15, 0.2) is 0 Å². The number of carbonyl (C=O) groups excluding carboxylic acids is 1. The van der Waals surface area contributed by atoms with Crippen LogP contribution in [0.5, 0.6) is 11.5 Å². The van der Waals surface area contributed by atoms with Gasteiger partial charge in [-0.25, -0.2) is 0 Å². The first kappa shape index (κ1) is 18.1. The molecule has 128 valence electrons. The predicted octanol–water partition coefficient (Wildman–Crippen LogP) is 4.25. The molecule has 2 aromatic carbocycles. The number of hydrogen-bond donors (Lipinski definition) is 1. The molecule has 0 unspecified atom stereocenters. The minimum absolute atomic E-state index is 0.136. The van der Waals surface area contributed by atoms with Crippen LogP contribution in [0.2, 0.25) is 5.02 Å². The summed E-state index contributed by atoms with van der Waals surface area (Å²) >= 11 is 6.04. The van der Waals surface area contributed by atoms with E-state index >= 15 is 0 Å². The van der Waals surface area contributed by atoms with E-state index in [1.165, 1.54) is 0 Å². The number of rotatable bonds is 8. The van der Waals surface area contributed by atoms with Crippen LogP contribution in [0.15, 0.2) is 42.5 Å². The minimum atomic E-state index is -0.136. The molecule has 1 amide bonds. The highest BCUT2D eigenvalue weighted by atomic mass is 35.5. The topological polar surface area (TPSA) is 47.6 Å². The van der Waals surface area contributed by atoms with E-state index < -0.39 is 0 Å². The highest BCUT2D eigenvalue weighted by molar-refractivity contribution is 6.31. The van der Waals surface area contributed by atoms with E-state index in [1.54, 1.807) is 30.3 Å². The smallest absolute Gasteiger partial charge is 0.251 e. The molecule has 2 rings (SSSR count). The Morgan fingerprint density at radius 3 is 2.38 bits per heavy atom. The number of nitrogens with one attached hydrogen (secondary N) is 1. The molecular formula is C19H22ClNO3. The van der Waals surface area contributed by atoms with Crippen molar-refractivity contribution in [1.82, 2.24) is 5.32 Å². The Balaban J connectivity index is 1.75. The van der Waals surface area contributed by atoms with Gasteiger partial charge < -0.3 is 14.8 Å². The van der Waals surface area contributed by atoms with Crippen molar-refractivity contribution >= 4 is 17.5 Å². The molecule has 0 aliphatic carbocycles. The van der Waals surface area contributed by atoms with Crippen LogP contribution in [0, 0.1) is 6.92 Å². The first-order valence-electron chi connectivity index (χ1n) is 8.00. The third-order valence-corrected chi connectivity index (χ3v) is 3.80. The average molecular weight is 348 g/mol. The Labute approximate surface area is 147 Å². The van der Waals surface area contributed by atoms with Gasteiger partial charge in [0.05, 0.1) is 13.2 Å². The molecule has 0 atom stereocenters. The molecule has 0 spiro atoms. The number of benzene rings is 2. The normalized spacial score (nSPS) is 10.3. The average Bonchev–Trinajstić information content (AvgIpc) is 2.60. The van der Waals surface area contributed by atoms with Crippen molar-refractivity contribution in [2.45, 2.75) is 20.3 Å². The summed E-state index contributed by atoms with van der Waals surface area (Å²) in [4.78, 5) is 12.1. The lowest BCUT2D eigenvalue weighted by atomic mass is 10.2. The first-order chi connectivity index (χ1) is 11.6. The van der Waals surface area contributed by atoms with E-state index in [9.17, 15) is 4.79 Å². The fourth-order valence-corrected chi connectivity index (χ4v) is 2.19. The fourth-order valence-electron chi connectivity index (χ4n) is 2.02. The van der Waals surface area contributed by atoms with Crippen molar-refractivity contribution in [3.63, 3.8) is 0 Å². The molecule has 0 saturated heterocycles. The van der Waals surface area contributed by atoms with Gasteiger partial charge in [-0.05, 0) is 55.3 Å². The van der Waals surface area contributed by atoms with Gasteiger partial charge in [-0.3, -0.25) is 4.79 Å². The van der Waals surface area contributed by atoms with E-state index in [2.05, 4.69) is 12.2 Å². The SMILES string of the molecule is CCCOc1ccc(C(=O)NCCOc2ccc(C)c(Cl)c2)cc1. The maximum Gasteiger partial charge on any atom is 0.251 e. The van der Waals surface area contributed by atoms with Gasteiger partial charge in [-0.1, -0.05) is 24.6 Å². The van der Waals surface area contributed by atoms with Crippen molar-refractivity contribution in [2.24, 2.45) is 0 Å². The Hall–Kier alpha value is -2.20. The molecule has 24 heavy (non-hydrogen) atoms. The minimum Gasteiger partial charge on any atom is -0.494 e. The zero-order valence-corrected chi connectivity index (χ0v) is 14.7. The Bertz CT molecular complexity index is 671. The van der Waals surface area contributed by atoms with Crippen LogP contribution < -0.4 is 14.8 Å². The molecule has 0 saturated carbocycles. The number of hydrogen-bond acceptors (Lipinski definition) is 3. The van der Waals surface area contributed by atoms with Crippen molar-refractivity contribution in [2.75, 3.05) is 19.8 Å². The largest absolute Gasteiger partial charge is 0.494 e. The Morgan fingerprint density at radius 1 is 1.04 bits per heavy atom. The van der Waals surface area contributed by atoms with Crippen LogP contribution in [-0.4, -0.2) is 25.7 Å². The molecule has 5 heteroatoms. The lowest BCUT2D eigenvalue weighted by Gasteiger charge is -2.09. The third-order valence-electron chi connectivity index (χ3n) is 3.39. The molecule has 0 aliphatic rings. The lowest BCUT2D eigenvalue weighted by molar-refractivity contribution is 0.0947. The molecule has 4 nitrogen and oxygen atoms in total. The summed E-state index contributed by atoms with van der Waals surface area (Å²) in [5, 5.41) is 3.49. The molecular weight excluding hydrogens is 326 g/mol. The van der Waals surface area contributed by atoms with Gasteiger partial charge >= 0.3 is 0 Å². The van der Waals surface area contributed by atoms with Crippen LogP contribution in [-0.2, 0) is 0 Å². The highest BCUT2D eigenvalue weighted by Gasteiger charge is 2.05. The zero-order valence-electron chi connectivity index (χ0n) is 14.0. The summed E-state index contributed by atoms with van der Waals surface area (Å²) in [6.45, 7) is 5.45. The van der Waals surface area contributed by atoms with Crippen LogP contribution in [0.3, 0.4) is 0 Å². The zero-order chi connectivity index (χ0) is 17.4. The third kappa shape index (κ3) is 5.46. The Kier molecular flexibility index (Phi) is 6.94. The monoisotopic (exact) mass is 347 g/mol. The van der Waals surface area contributed by atoms with Gasteiger partial charge in [0, 0.05) is 10.6 Å². The van der Waals surface area contributed by atoms with Crippen molar-refractivity contribution in [3.8, 4) is 11.5 Å². The summed E-state index contributed by atoms with van der Waals surface area (Å²) in [6.07, 6.45) is 0.953. The summed E-state index contributed by atoms with van der Waals surface area (Å²) in [7, 11) is 0. The van der Waals surface area contributed by atoms with Crippen LogP contribution >= 0.6 is 11.6 Å². The molecule has 0 radical (unpaired) electrons. The van der Waals surface area contributed by atoms with Crippen LogP contribution in [0.1, 0.15) is 29.3 Å². The summed E-state index contributed by atoms with van der Waals surface area (Å²) < 4.78 is 11.1. The number of ether oxygens (including phenoxy) is 2. The van der Waals surface area contributed by atoms with Crippen molar-refractivity contribution in [3.05, 3.63) is 58.6 Å². The standard InChI is InChI=1S/C19H22ClNO3/c1-3-11-23-16-8-5-15(6-9-16)19(22)21-10-12-24-17-7-4-14(2)18(20)13-17/h4-9,13H,3,10-12H2,1-2H3,(H,21,22). The van der Waals surface area contributed by atoms with E-state index in [-0.39, 0.29) is 5.91 Å². The first-order valence-corrected chi connectivity index (χ1v) is 8.38. The highest BCUT2D eigenvalue weighted by Crippen LogP contribution is 2.21. The van der Waals surface area contributed by atoms with Crippen molar-refractivity contribution in [1.29, 1.82) is 0 Å². The summed E-state index contributed by atoms with van der Waals surface area (Å²) in [5.41, 5.74) is 1.60. The number of carbonyl (C=O) groups is 1. The molecule has 0 heterocycles. The quantitative estimate of drug-likeness (QED) is 0.726. The lowest BCUT2D eigenvalue weighted by Crippen LogP contribution is -2.28. The van der Waals surface area contributed by atoms with E-state index in [0.717, 1.165) is 17.7 Å². The molecule has 2 aromatic rings. The van der Waals surface area contributed by atoms with Gasteiger partial charge in [0.25, 0.3) is 5.91 Å². The summed E-state index contributed by atoms with van der Waals surface area (Å²) in [6, 6.07) is 12.6. The second-order valence-corrected chi connectivity index (χ2v) is 5.80. The molecule has 1 N–H and O–H groups in total. The molecule has 0 bridgehead atoms. The van der Waals surface area contributed by atoms with E-state index in [0.29, 0.717) is 36.1 Å². The van der Waals surface area contributed by atoms with Gasteiger partial charge in [0.2, 0.25) is 0 Å². The molecule has 0 aromatic heterocycles. The fraction of sp³-hybridized carbons (Fsp3) is 0.316.